The van der Waals surface area contributed by atoms with Gasteiger partial charge in [0.15, 0.2) is 0 Å². The lowest BCUT2D eigenvalue weighted by Gasteiger charge is -2.30. The molecule has 0 saturated heterocycles. The monoisotopic (exact) mass is 240 g/mol. The maximum absolute atomic E-state index is 9.31. The molecule has 2 atom stereocenters. The Morgan fingerprint density at radius 2 is 2.19 bits per heavy atom. The molecular formula is C12H20N2OS. The summed E-state index contributed by atoms with van der Waals surface area (Å²) in [5.41, 5.74) is 0. The van der Waals surface area contributed by atoms with E-state index in [0.29, 0.717) is 18.4 Å². The van der Waals surface area contributed by atoms with E-state index in [1.54, 1.807) is 11.3 Å². The van der Waals surface area contributed by atoms with Gasteiger partial charge in [0.1, 0.15) is 5.01 Å². The minimum absolute atomic E-state index is 0.351. The molecule has 16 heavy (non-hydrogen) atoms. The van der Waals surface area contributed by atoms with Crippen molar-refractivity contribution in [1.82, 2.24) is 10.3 Å². The lowest BCUT2D eigenvalue weighted by Crippen LogP contribution is -2.32. The highest BCUT2D eigenvalue weighted by atomic mass is 32.1. The third kappa shape index (κ3) is 3.27. The summed E-state index contributed by atoms with van der Waals surface area (Å²) in [5, 5.41) is 15.9. The molecule has 3 nitrogen and oxygen atoms in total. The molecule has 2 rings (SSSR count). The Morgan fingerprint density at radius 1 is 1.38 bits per heavy atom. The SMILES string of the molecule is OCC1CCCCC1CNCc1nccs1. The Kier molecular flexibility index (Phi) is 4.75. The molecule has 1 aliphatic rings. The highest BCUT2D eigenvalue weighted by Crippen LogP contribution is 2.29. The Morgan fingerprint density at radius 3 is 2.88 bits per heavy atom. The predicted octanol–water partition coefficient (Wildman–Crippen LogP) is 2.03. The average molecular weight is 240 g/mol. The summed E-state index contributed by atoms with van der Waals surface area (Å²) in [7, 11) is 0. The highest BCUT2D eigenvalue weighted by Gasteiger charge is 2.23. The molecule has 0 amide bonds. The van der Waals surface area contributed by atoms with Crippen LogP contribution in [0.4, 0.5) is 0 Å². The lowest BCUT2D eigenvalue weighted by molar-refractivity contribution is 0.133. The maximum atomic E-state index is 9.31. The largest absolute Gasteiger partial charge is 0.396 e. The fourth-order valence-electron chi connectivity index (χ4n) is 2.50. The standard InChI is InChI=1S/C12H20N2OS/c15-9-11-4-2-1-3-10(11)7-13-8-12-14-5-6-16-12/h5-6,10-11,13,15H,1-4,7-9H2. The van der Waals surface area contributed by atoms with Crippen molar-refractivity contribution in [2.24, 2.45) is 11.8 Å². The molecule has 0 radical (unpaired) electrons. The van der Waals surface area contributed by atoms with Crippen molar-refractivity contribution in [3.05, 3.63) is 16.6 Å². The van der Waals surface area contributed by atoms with Gasteiger partial charge in [0.05, 0.1) is 0 Å². The third-order valence-electron chi connectivity index (χ3n) is 3.47. The van der Waals surface area contributed by atoms with Crippen LogP contribution in [-0.2, 0) is 6.54 Å². The van der Waals surface area contributed by atoms with E-state index in [0.717, 1.165) is 18.1 Å². The zero-order valence-corrected chi connectivity index (χ0v) is 10.4. The molecule has 0 aliphatic heterocycles. The van der Waals surface area contributed by atoms with Gasteiger partial charge in [-0.25, -0.2) is 4.98 Å². The predicted molar refractivity (Wildman–Crippen MR) is 66.4 cm³/mol. The number of nitrogens with one attached hydrogen (secondary N) is 1. The van der Waals surface area contributed by atoms with Crippen molar-refractivity contribution >= 4 is 11.3 Å². The number of nitrogens with zero attached hydrogens (tertiary/aromatic N) is 1. The van der Waals surface area contributed by atoms with Gasteiger partial charge < -0.3 is 10.4 Å². The molecular weight excluding hydrogens is 220 g/mol. The quantitative estimate of drug-likeness (QED) is 0.828. The summed E-state index contributed by atoms with van der Waals surface area (Å²) < 4.78 is 0. The molecule has 0 bridgehead atoms. The molecule has 90 valence electrons. The number of aromatic nitrogens is 1. The van der Waals surface area contributed by atoms with E-state index in [-0.39, 0.29) is 0 Å². The van der Waals surface area contributed by atoms with Crippen molar-refractivity contribution < 1.29 is 5.11 Å². The number of aliphatic hydroxyl groups excluding tert-OH is 1. The zero-order chi connectivity index (χ0) is 11.2. The van der Waals surface area contributed by atoms with Gasteiger partial charge in [-0.3, -0.25) is 0 Å². The first-order chi connectivity index (χ1) is 7.90. The summed E-state index contributed by atoms with van der Waals surface area (Å²) in [6, 6.07) is 0. The molecule has 0 spiro atoms. The second-order valence-electron chi connectivity index (χ2n) is 4.54. The van der Waals surface area contributed by atoms with Crippen LogP contribution in [0.5, 0.6) is 0 Å². The van der Waals surface area contributed by atoms with Gasteiger partial charge >= 0.3 is 0 Å². The number of hydrogen-bond acceptors (Lipinski definition) is 4. The Balaban J connectivity index is 1.71. The minimum Gasteiger partial charge on any atom is -0.396 e. The molecule has 1 heterocycles. The van der Waals surface area contributed by atoms with E-state index in [1.807, 2.05) is 11.6 Å². The van der Waals surface area contributed by atoms with E-state index in [4.69, 9.17) is 0 Å². The van der Waals surface area contributed by atoms with E-state index in [9.17, 15) is 5.11 Å². The summed E-state index contributed by atoms with van der Waals surface area (Å²) in [6.45, 7) is 2.24. The van der Waals surface area contributed by atoms with E-state index >= 15 is 0 Å². The fraction of sp³-hybridized carbons (Fsp3) is 0.750. The molecule has 4 heteroatoms. The number of aliphatic hydroxyl groups is 1. The molecule has 1 aliphatic carbocycles. The average Bonchev–Trinajstić information content (AvgIpc) is 2.83. The van der Waals surface area contributed by atoms with E-state index < -0.39 is 0 Å². The molecule has 2 N–H and O–H groups in total. The molecule has 2 unspecified atom stereocenters. The van der Waals surface area contributed by atoms with Crippen LogP contribution in [0.25, 0.3) is 0 Å². The van der Waals surface area contributed by atoms with Crippen LogP contribution in [0.3, 0.4) is 0 Å². The lowest BCUT2D eigenvalue weighted by atomic mass is 9.79. The summed E-state index contributed by atoms with van der Waals surface area (Å²) >= 11 is 1.69. The van der Waals surface area contributed by atoms with Crippen molar-refractivity contribution in [2.45, 2.75) is 32.2 Å². The number of hydrogen-bond donors (Lipinski definition) is 2. The molecule has 1 saturated carbocycles. The van der Waals surface area contributed by atoms with Gasteiger partial charge in [0, 0.05) is 24.7 Å². The van der Waals surface area contributed by atoms with Crippen LogP contribution < -0.4 is 5.32 Å². The minimum atomic E-state index is 0.351. The first-order valence-corrected chi connectivity index (χ1v) is 6.98. The Hall–Kier alpha value is -0.450. The first-order valence-electron chi connectivity index (χ1n) is 6.10. The first kappa shape index (κ1) is 12.0. The van der Waals surface area contributed by atoms with Crippen LogP contribution in [0, 0.1) is 11.8 Å². The van der Waals surface area contributed by atoms with Gasteiger partial charge in [-0.15, -0.1) is 11.3 Å². The van der Waals surface area contributed by atoms with Crippen molar-refractivity contribution in [3.8, 4) is 0 Å². The highest BCUT2D eigenvalue weighted by molar-refractivity contribution is 7.09. The van der Waals surface area contributed by atoms with Crippen LogP contribution in [-0.4, -0.2) is 23.2 Å². The van der Waals surface area contributed by atoms with Gasteiger partial charge in [0.2, 0.25) is 0 Å². The Labute approximate surface area is 101 Å². The van der Waals surface area contributed by atoms with Crippen molar-refractivity contribution in [2.75, 3.05) is 13.2 Å². The smallest absolute Gasteiger partial charge is 0.106 e. The van der Waals surface area contributed by atoms with E-state index in [2.05, 4.69) is 10.3 Å². The summed E-state index contributed by atoms with van der Waals surface area (Å²) in [4.78, 5) is 4.24. The van der Waals surface area contributed by atoms with Crippen molar-refractivity contribution in [1.29, 1.82) is 0 Å². The summed E-state index contributed by atoms with van der Waals surface area (Å²) in [5.74, 6) is 1.16. The second-order valence-corrected chi connectivity index (χ2v) is 5.52. The van der Waals surface area contributed by atoms with Crippen LogP contribution in [0.2, 0.25) is 0 Å². The molecule has 1 fully saturated rings. The van der Waals surface area contributed by atoms with Crippen LogP contribution in [0.1, 0.15) is 30.7 Å². The van der Waals surface area contributed by atoms with Crippen molar-refractivity contribution in [3.63, 3.8) is 0 Å². The van der Waals surface area contributed by atoms with Crippen LogP contribution >= 0.6 is 11.3 Å². The fourth-order valence-corrected chi connectivity index (χ4v) is 3.08. The van der Waals surface area contributed by atoms with E-state index in [1.165, 1.54) is 25.7 Å². The van der Waals surface area contributed by atoms with Gasteiger partial charge in [0.25, 0.3) is 0 Å². The van der Waals surface area contributed by atoms with Crippen LogP contribution in [0.15, 0.2) is 11.6 Å². The third-order valence-corrected chi connectivity index (χ3v) is 4.25. The van der Waals surface area contributed by atoms with Gasteiger partial charge in [-0.1, -0.05) is 12.8 Å². The number of rotatable bonds is 5. The number of thiazole rings is 1. The topological polar surface area (TPSA) is 45.1 Å². The molecule has 1 aromatic heterocycles. The normalized spacial score (nSPS) is 25.8. The maximum Gasteiger partial charge on any atom is 0.106 e. The Bertz CT molecular complexity index is 289. The zero-order valence-electron chi connectivity index (χ0n) is 9.56. The second kappa shape index (κ2) is 6.33. The van der Waals surface area contributed by atoms with Gasteiger partial charge in [-0.2, -0.15) is 0 Å². The summed E-state index contributed by atoms with van der Waals surface area (Å²) in [6.07, 6.45) is 6.91. The molecule has 1 aromatic rings. The van der Waals surface area contributed by atoms with Gasteiger partial charge in [-0.05, 0) is 31.2 Å². The molecule has 0 aromatic carbocycles.